The van der Waals surface area contributed by atoms with Crippen LogP contribution in [0, 0.1) is 0 Å². The summed E-state index contributed by atoms with van der Waals surface area (Å²) < 4.78 is 5.88. The second-order valence-corrected chi connectivity index (χ2v) is 6.85. The number of carbonyl (C=O) groups excluding carboxylic acids is 1. The van der Waals surface area contributed by atoms with Gasteiger partial charge in [0.25, 0.3) is 5.91 Å². The van der Waals surface area contributed by atoms with Crippen molar-refractivity contribution >= 4 is 11.9 Å². The zero-order chi connectivity index (χ0) is 19.3. The van der Waals surface area contributed by atoms with Crippen molar-refractivity contribution in [3.63, 3.8) is 0 Å². The van der Waals surface area contributed by atoms with Gasteiger partial charge in [-0.2, -0.15) is 0 Å². The quantitative estimate of drug-likeness (QED) is 0.334. The first-order chi connectivity index (χ1) is 13.2. The molecule has 0 bridgehead atoms. The highest BCUT2D eigenvalue weighted by molar-refractivity contribution is 5.94. The van der Waals surface area contributed by atoms with E-state index in [4.69, 9.17) is 4.74 Å². The number of nitrogens with one attached hydrogen (secondary N) is 3. The maximum atomic E-state index is 11.7. The Kier molecular flexibility index (Phi) is 9.69. The molecule has 1 aromatic rings. The topological polar surface area (TPSA) is 74.8 Å². The van der Waals surface area contributed by atoms with E-state index in [1.165, 1.54) is 25.7 Å². The third-order valence-corrected chi connectivity index (χ3v) is 4.69. The molecule has 1 aliphatic carbocycles. The number of nitrogens with zero attached hydrogens (tertiary/aromatic N) is 1. The fourth-order valence-electron chi connectivity index (χ4n) is 3.24. The largest absolute Gasteiger partial charge is 0.378 e. The number of ether oxygens (including phenoxy) is 1. The summed E-state index contributed by atoms with van der Waals surface area (Å²) in [5, 5.41) is 9.29. The molecule has 0 aromatic heterocycles. The number of rotatable bonds is 10. The Morgan fingerprint density at radius 1 is 1.26 bits per heavy atom. The van der Waals surface area contributed by atoms with Crippen molar-refractivity contribution < 1.29 is 9.53 Å². The molecule has 1 fully saturated rings. The molecule has 0 radical (unpaired) electrons. The van der Waals surface area contributed by atoms with Gasteiger partial charge in [-0.05, 0) is 50.3 Å². The minimum Gasteiger partial charge on any atom is -0.378 e. The fraction of sp³-hybridized carbons (Fsp3) is 0.619. The van der Waals surface area contributed by atoms with Crippen molar-refractivity contribution in [2.45, 2.75) is 51.6 Å². The lowest BCUT2D eigenvalue weighted by Crippen LogP contribution is -2.38. The molecule has 0 spiro atoms. The molecule has 0 unspecified atom stereocenters. The fourth-order valence-corrected chi connectivity index (χ4v) is 3.24. The summed E-state index contributed by atoms with van der Waals surface area (Å²) in [4.78, 5) is 16.3. The number of amides is 1. The van der Waals surface area contributed by atoms with Gasteiger partial charge in [0.05, 0.1) is 6.10 Å². The van der Waals surface area contributed by atoms with Crippen LogP contribution in [-0.2, 0) is 11.2 Å². The lowest BCUT2D eigenvalue weighted by atomic mass is 10.1. The molecule has 2 rings (SSSR count). The van der Waals surface area contributed by atoms with E-state index in [0.717, 1.165) is 50.6 Å². The van der Waals surface area contributed by atoms with Crippen molar-refractivity contribution in [1.29, 1.82) is 0 Å². The molecule has 0 aliphatic heterocycles. The average molecular weight is 375 g/mol. The Labute approximate surface area is 163 Å². The molecule has 6 heteroatoms. The van der Waals surface area contributed by atoms with Gasteiger partial charge in [-0.25, -0.2) is 0 Å². The predicted molar refractivity (Wildman–Crippen MR) is 110 cm³/mol. The molecule has 0 atom stereocenters. The summed E-state index contributed by atoms with van der Waals surface area (Å²) >= 11 is 0. The normalized spacial score (nSPS) is 15.0. The van der Waals surface area contributed by atoms with Crippen LogP contribution in [0.2, 0.25) is 0 Å². The van der Waals surface area contributed by atoms with Crippen LogP contribution in [0.4, 0.5) is 0 Å². The van der Waals surface area contributed by atoms with Gasteiger partial charge in [0, 0.05) is 38.9 Å². The van der Waals surface area contributed by atoms with Crippen LogP contribution in [0.15, 0.2) is 29.3 Å². The molecular weight excluding hydrogens is 340 g/mol. The van der Waals surface area contributed by atoms with Crippen LogP contribution in [0.25, 0.3) is 0 Å². The highest BCUT2D eigenvalue weighted by Gasteiger charge is 2.14. The summed E-state index contributed by atoms with van der Waals surface area (Å²) in [6.07, 6.45) is 7.31. The zero-order valence-corrected chi connectivity index (χ0v) is 16.7. The van der Waals surface area contributed by atoms with Gasteiger partial charge < -0.3 is 20.7 Å². The number of guanidine groups is 1. The number of hydrogen-bond acceptors (Lipinski definition) is 3. The van der Waals surface area contributed by atoms with Gasteiger partial charge in [-0.15, -0.1) is 0 Å². The van der Waals surface area contributed by atoms with E-state index in [1.807, 2.05) is 24.3 Å². The molecule has 1 aliphatic rings. The second-order valence-electron chi connectivity index (χ2n) is 6.85. The number of hydrogen-bond donors (Lipinski definition) is 3. The minimum absolute atomic E-state index is 0.0560. The molecule has 0 heterocycles. The van der Waals surface area contributed by atoms with E-state index in [-0.39, 0.29) is 5.91 Å². The average Bonchev–Trinajstić information content (AvgIpc) is 3.21. The predicted octanol–water partition coefficient (Wildman–Crippen LogP) is 2.49. The Bertz CT molecular complexity index is 598. The Hall–Kier alpha value is -2.08. The smallest absolute Gasteiger partial charge is 0.251 e. The summed E-state index contributed by atoms with van der Waals surface area (Å²) in [6.45, 7) is 5.21. The summed E-state index contributed by atoms with van der Waals surface area (Å²) in [7, 11) is 1.65. The third kappa shape index (κ3) is 7.99. The van der Waals surface area contributed by atoms with Crippen molar-refractivity contribution in [2.24, 2.45) is 4.99 Å². The lowest BCUT2D eigenvalue weighted by Gasteiger charge is -2.12. The van der Waals surface area contributed by atoms with Crippen LogP contribution in [0.5, 0.6) is 0 Å². The van der Waals surface area contributed by atoms with E-state index in [0.29, 0.717) is 11.7 Å². The Morgan fingerprint density at radius 2 is 2.07 bits per heavy atom. The van der Waals surface area contributed by atoms with Crippen LogP contribution >= 0.6 is 0 Å². The van der Waals surface area contributed by atoms with E-state index >= 15 is 0 Å². The van der Waals surface area contributed by atoms with E-state index < -0.39 is 0 Å². The SMILES string of the molecule is CCNC(=NCCCOC1CCCC1)NCCc1cccc(C(=O)NC)c1. The number of carbonyl (C=O) groups is 1. The second kappa shape index (κ2) is 12.3. The van der Waals surface area contributed by atoms with Gasteiger partial charge in [0.2, 0.25) is 0 Å². The lowest BCUT2D eigenvalue weighted by molar-refractivity contribution is 0.0579. The first-order valence-electron chi connectivity index (χ1n) is 10.2. The molecule has 0 saturated heterocycles. The van der Waals surface area contributed by atoms with Crippen LogP contribution in [0.3, 0.4) is 0 Å². The molecule has 150 valence electrons. The maximum Gasteiger partial charge on any atom is 0.251 e. The van der Waals surface area contributed by atoms with Crippen molar-refractivity contribution in [1.82, 2.24) is 16.0 Å². The molecule has 1 saturated carbocycles. The molecular formula is C21H34N4O2. The number of aliphatic imine (C=N–C) groups is 1. The van der Waals surface area contributed by atoms with E-state index in [2.05, 4.69) is 27.9 Å². The summed E-state index contributed by atoms with van der Waals surface area (Å²) in [6, 6.07) is 7.72. The van der Waals surface area contributed by atoms with Crippen LogP contribution in [-0.4, -0.2) is 51.3 Å². The van der Waals surface area contributed by atoms with Gasteiger partial charge in [0.1, 0.15) is 0 Å². The van der Waals surface area contributed by atoms with Gasteiger partial charge in [0.15, 0.2) is 5.96 Å². The zero-order valence-electron chi connectivity index (χ0n) is 16.7. The maximum absolute atomic E-state index is 11.7. The molecule has 6 nitrogen and oxygen atoms in total. The highest BCUT2D eigenvalue weighted by Crippen LogP contribution is 2.20. The van der Waals surface area contributed by atoms with Crippen LogP contribution < -0.4 is 16.0 Å². The molecule has 27 heavy (non-hydrogen) atoms. The molecule has 1 aromatic carbocycles. The Balaban J connectivity index is 1.70. The summed E-state index contributed by atoms with van der Waals surface area (Å²) in [5.41, 5.74) is 1.82. The molecule has 1 amide bonds. The first kappa shape index (κ1) is 21.2. The van der Waals surface area contributed by atoms with Gasteiger partial charge in [-0.1, -0.05) is 25.0 Å². The van der Waals surface area contributed by atoms with Crippen molar-refractivity contribution in [2.75, 3.05) is 33.3 Å². The monoisotopic (exact) mass is 374 g/mol. The number of benzene rings is 1. The third-order valence-electron chi connectivity index (χ3n) is 4.69. The first-order valence-corrected chi connectivity index (χ1v) is 10.2. The van der Waals surface area contributed by atoms with Crippen molar-refractivity contribution in [3.8, 4) is 0 Å². The van der Waals surface area contributed by atoms with Gasteiger partial charge >= 0.3 is 0 Å². The minimum atomic E-state index is -0.0560. The Morgan fingerprint density at radius 3 is 2.81 bits per heavy atom. The standard InChI is InChI=1S/C21H34N4O2/c1-3-23-21(24-13-7-15-27-19-10-4-5-11-19)25-14-12-17-8-6-9-18(16-17)20(26)22-2/h6,8-9,16,19H,3-5,7,10-15H2,1-2H3,(H,22,26)(H2,23,24,25). The van der Waals surface area contributed by atoms with Crippen molar-refractivity contribution in [3.05, 3.63) is 35.4 Å². The summed E-state index contributed by atoms with van der Waals surface area (Å²) in [5.74, 6) is 0.778. The van der Waals surface area contributed by atoms with Crippen LogP contribution in [0.1, 0.15) is 54.9 Å². The van der Waals surface area contributed by atoms with E-state index in [1.54, 1.807) is 7.05 Å². The van der Waals surface area contributed by atoms with Gasteiger partial charge in [-0.3, -0.25) is 9.79 Å². The van der Waals surface area contributed by atoms with E-state index in [9.17, 15) is 4.79 Å². The molecule has 3 N–H and O–H groups in total. The highest BCUT2D eigenvalue weighted by atomic mass is 16.5.